The molecule has 1 rings (SSSR count). The van der Waals surface area contributed by atoms with Gasteiger partial charge in [0.2, 0.25) is 0 Å². The van der Waals surface area contributed by atoms with Crippen LogP contribution < -0.4 is 4.74 Å². The van der Waals surface area contributed by atoms with Gasteiger partial charge in [0.15, 0.2) is 0 Å². The molecule has 6 heteroatoms. The highest BCUT2D eigenvalue weighted by Crippen LogP contribution is 2.22. The number of carbonyl (C=O) groups excluding carboxylic acids is 1. The summed E-state index contributed by atoms with van der Waals surface area (Å²) in [7, 11) is 0. The van der Waals surface area contributed by atoms with Crippen LogP contribution in [0.25, 0.3) is 0 Å². The fraction of sp³-hybridized carbons (Fsp3) is 0.182. The van der Waals surface area contributed by atoms with Crippen LogP contribution >= 0.6 is 0 Å². The lowest BCUT2D eigenvalue weighted by atomic mass is 10.2. The minimum Gasteiger partial charge on any atom is -0.458 e. The van der Waals surface area contributed by atoms with Crippen molar-refractivity contribution in [1.29, 1.82) is 0 Å². The monoisotopic (exact) mass is 246 g/mol. The first kappa shape index (κ1) is 13.1. The van der Waals surface area contributed by atoms with Crippen molar-refractivity contribution in [3.8, 4) is 5.75 Å². The SMILES string of the molecule is C=CCOC(=O)c1ccc(OC(F)(F)F)cc1. The second kappa shape index (κ2) is 5.38. The molecule has 0 aliphatic heterocycles. The van der Waals surface area contributed by atoms with Crippen LogP contribution in [0.15, 0.2) is 36.9 Å². The Hall–Kier alpha value is -1.98. The summed E-state index contributed by atoms with van der Waals surface area (Å²) < 4.78 is 43.9. The molecule has 17 heavy (non-hydrogen) atoms. The Morgan fingerprint density at radius 3 is 2.35 bits per heavy atom. The molecule has 0 N–H and O–H groups in total. The van der Waals surface area contributed by atoms with Crippen molar-refractivity contribution in [2.24, 2.45) is 0 Å². The van der Waals surface area contributed by atoms with Crippen molar-refractivity contribution >= 4 is 5.97 Å². The highest BCUT2D eigenvalue weighted by molar-refractivity contribution is 5.89. The minimum absolute atomic E-state index is 0.0413. The molecule has 0 spiro atoms. The Kier molecular flexibility index (Phi) is 4.14. The van der Waals surface area contributed by atoms with Gasteiger partial charge >= 0.3 is 12.3 Å². The Balaban J connectivity index is 2.67. The Bertz CT molecular complexity index is 395. The second-order valence-electron chi connectivity index (χ2n) is 2.96. The van der Waals surface area contributed by atoms with Crippen LogP contribution in [-0.4, -0.2) is 18.9 Å². The Labute approximate surface area is 95.5 Å². The van der Waals surface area contributed by atoms with E-state index in [1.807, 2.05) is 0 Å². The lowest BCUT2D eigenvalue weighted by molar-refractivity contribution is -0.274. The van der Waals surface area contributed by atoms with Gasteiger partial charge in [-0.15, -0.1) is 13.2 Å². The summed E-state index contributed by atoms with van der Waals surface area (Å²) in [4.78, 5) is 11.3. The van der Waals surface area contributed by atoms with Gasteiger partial charge < -0.3 is 9.47 Å². The molecule has 0 radical (unpaired) electrons. The molecule has 0 fully saturated rings. The average Bonchev–Trinajstić information content (AvgIpc) is 2.24. The lowest BCUT2D eigenvalue weighted by Crippen LogP contribution is -2.17. The van der Waals surface area contributed by atoms with Gasteiger partial charge in [0.25, 0.3) is 0 Å². The third-order valence-corrected chi connectivity index (χ3v) is 1.66. The number of esters is 1. The standard InChI is InChI=1S/C11H9F3O3/c1-2-7-16-10(15)8-3-5-9(6-4-8)17-11(12,13)14/h2-6H,1,7H2. The third kappa shape index (κ3) is 4.58. The summed E-state index contributed by atoms with van der Waals surface area (Å²) in [6, 6.07) is 4.45. The van der Waals surface area contributed by atoms with Crippen molar-refractivity contribution in [2.75, 3.05) is 6.61 Å². The zero-order valence-electron chi connectivity index (χ0n) is 8.66. The van der Waals surface area contributed by atoms with E-state index in [1.165, 1.54) is 18.2 Å². The van der Waals surface area contributed by atoms with Gasteiger partial charge in [0, 0.05) is 0 Å². The molecule has 92 valence electrons. The first-order valence-corrected chi connectivity index (χ1v) is 4.56. The number of ether oxygens (including phenoxy) is 2. The van der Waals surface area contributed by atoms with E-state index in [2.05, 4.69) is 11.3 Å². The summed E-state index contributed by atoms with van der Waals surface area (Å²) in [5.74, 6) is -1.03. The zero-order valence-corrected chi connectivity index (χ0v) is 8.66. The van der Waals surface area contributed by atoms with Crippen molar-refractivity contribution in [2.45, 2.75) is 6.36 Å². The molecule has 0 unspecified atom stereocenters. The molecule has 3 nitrogen and oxygen atoms in total. The highest BCUT2D eigenvalue weighted by atomic mass is 19.4. The highest BCUT2D eigenvalue weighted by Gasteiger charge is 2.31. The molecular weight excluding hydrogens is 237 g/mol. The maximum Gasteiger partial charge on any atom is 0.573 e. The minimum atomic E-state index is -4.75. The molecule has 0 atom stereocenters. The molecular formula is C11H9F3O3. The van der Waals surface area contributed by atoms with E-state index >= 15 is 0 Å². The number of halogens is 3. The second-order valence-corrected chi connectivity index (χ2v) is 2.96. The summed E-state index contributed by atoms with van der Waals surface area (Å²) in [5.41, 5.74) is 0.140. The van der Waals surface area contributed by atoms with Gasteiger partial charge in [-0.25, -0.2) is 4.79 Å². The van der Waals surface area contributed by atoms with Crippen molar-refractivity contribution in [1.82, 2.24) is 0 Å². The Morgan fingerprint density at radius 2 is 1.88 bits per heavy atom. The van der Waals surface area contributed by atoms with E-state index in [0.717, 1.165) is 12.1 Å². The van der Waals surface area contributed by atoms with E-state index in [0.29, 0.717) is 0 Å². The lowest BCUT2D eigenvalue weighted by Gasteiger charge is -2.08. The van der Waals surface area contributed by atoms with Gasteiger partial charge in [0.1, 0.15) is 12.4 Å². The van der Waals surface area contributed by atoms with Crippen LogP contribution in [0.5, 0.6) is 5.75 Å². The van der Waals surface area contributed by atoms with Crippen LogP contribution in [-0.2, 0) is 4.74 Å². The molecule has 0 heterocycles. The normalized spacial score (nSPS) is 10.8. The largest absolute Gasteiger partial charge is 0.573 e. The summed E-state index contributed by atoms with van der Waals surface area (Å²) in [5, 5.41) is 0. The third-order valence-electron chi connectivity index (χ3n) is 1.66. The molecule has 0 amide bonds. The molecule has 0 bridgehead atoms. The van der Waals surface area contributed by atoms with E-state index in [1.54, 1.807) is 0 Å². The summed E-state index contributed by atoms with van der Waals surface area (Å²) in [6.07, 6.45) is -3.36. The maximum atomic E-state index is 11.8. The van der Waals surface area contributed by atoms with Crippen LogP contribution in [0.1, 0.15) is 10.4 Å². The summed E-state index contributed by atoms with van der Waals surface area (Å²) in [6.45, 7) is 3.40. The van der Waals surface area contributed by atoms with Crippen LogP contribution in [0.2, 0.25) is 0 Å². The van der Waals surface area contributed by atoms with Crippen molar-refractivity contribution in [3.05, 3.63) is 42.5 Å². The molecule has 1 aromatic rings. The fourth-order valence-corrected chi connectivity index (χ4v) is 1.01. The molecule has 0 aliphatic carbocycles. The number of hydrogen-bond acceptors (Lipinski definition) is 3. The number of hydrogen-bond donors (Lipinski definition) is 0. The zero-order chi connectivity index (χ0) is 12.9. The van der Waals surface area contributed by atoms with Crippen molar-refractivity contribution in [3.63, 3.8) is 0 Å². The first-order chi connectivity index (χ1) is 7.92. The van der Waals surface area contributed by atoms with E-state index < -0.39 is 18.1 Å². The average molecular weight is 246 g/mol. The predicted molar refractivity (Wildman–Crippen MR) is 53.6 cm³/mol. The van der Waals surface area contributed by atoms with Crippen LogP contribution in [0.4, 0.5) is 13.2 Å². The first-order valence-electron chi connectivity index (χ1n) is 4.56. The van der Waals surface area contributed by atoms with Gasteiger partial charge in [-0.05, 0) is 24.3 Å². The van der Waals surface area contributed by atoms with Crippen LogP contribution in [0.3, 0.4) is 0 Å². The van der Waals surface area contributed by atoms with Gasteiger partial charge in [0.05, 0.1) is 5.56 Å². The topological polar surface area (TPSA) is 35.5 Å². The number of carbonyl (C=O) groups is 1. The Morgan fingerprint density at radius 1 is 1.29 bits per heavy atom. The number of rotatable bonds is 4. The molecule has 0 aliphatic rings. The van der Waals surface area contributed by atoms with Gasteiger partial charge in [-0.2, -0.15) is 0 Å². The molecule has 1 aromatic carbocycles. The molecule has 0 saturated carbocycles. The maximum absolute atomic E-state index is 11.8. The number of benzene rings is 1. The predicted octanol–water partition coefficient (Wildman–Crippen LogP) is 2.93. The van der Waals surface area contributed by atoms with E-state index in [9.17, 15) is 18.0 Å². The van der Waals surface area contributed by atoms with E-state index in [-0.39, 0.29) is 12.2 Å². The number of alkyl halides is 3. The smallest absolute Gasteiger partial charge is 0.458 e. The van der Waals surface area contributed by atoms with Gasteiger partial charge in [-0.3, -0.25) is 0 Å². The molecule has 0 aromatic heterocycles. The van der Waals surface area contributed by atoms with Crippen LogP contribution in [0, 0.1) is 0 Å². The fourth-order valence-electron chi connectivity index (χ4n) is 1.01. The van der Waals surface area contributed by atoms with E-state index in [4.69, 9.17) is 4.74 Å². The quantitative estimate of drug-likeness (QED) is 0.605. The van der Waals surface area contributed by atoms with Gasteiger partial charge in [-0.1, -0.05) is 12.7 Å². The van der Waals surface area contributed by atoms with Crippen molar-refractivity contribution < 1.29 is 27.4 Å². The summed E-state index contributed by atoms with van der Waals surface area (Å²) >= 11 is 0. The molecule has 0 saturated heterocycles.